The zero-order valence-corrected chi connectivity index (χ0v) is 10.3. The van der Waals surface area contributed by atoms with Gasteiger partial charge in [-0.3, -0.25) is 14.5 Å². The fourth-order valence-electron chi connectivity index (χ4n) is 2.04. The molecule has 5 heteroatoms. The van der Waals surface area contributed by atoms with Gasteiger partial charge in [-0.05, 0) is 24.1 Å². The van der Waals surface area contributed by atoms with Crippen molar-refractivity contribution in [2.45, 2.75) is 25.8 Å². The first-order valence-corrected chi connectivity index (χ1v) is 5.87. The number of anilines is 1. The van der Waals surface area contributed by atoms with Crippen LogP contribution >= 0.6 is 0 Å². The number of rotatable bonds is 3. The molecule has 0 aromatic heterocycles. The molecule has 0 unspecified atom stereocenters. The number of carbonyl (C=O) groups excluding carboxylic acids is 2. The highest BCUT2D eigenvalue weighted by Gasteiger charge is 2.25. The lowest BCUT2D eigenvalue weighted by Gasteiger charge is -2.25. The minimum atomic E-state index is -0.111. The molecule has 2 N–H and O–H groups in total. The first-order chi connectivity index (χ1) is 8.61. The molecule has 1 aliphatic rings. The molecule has 1 aromatic rings. The van der Waals surface area contributed by atoms with Gasteiger partial charge in [0.05, 0.1) is 19.3 Å². The summed E-state index contributed by atoms with van der Waals surface area (Å²) < 4.78 is 5.06. The molecule has 0 radical (unpaired) electrons. The van der Waals surface area contributed by atoms with Gasteiger partial charge in [0.1, 0.15) is 5.75 Å². The van der Waals surface area contributed by atoms with Crippen molar-refractivity contribution < 1.29 is 14.3 Å². The second kappa shape index (κ2) is 5.08. The van der Waals surface area contributed by atoms with Gasteiger partial charge in [0, 0.05) is 12.8 Å². The van der Waals surface area contributed by atoms with E-state index in [0.29, 0.717) is 30.7 Å². The number of nitrogens with two attached hydrogens (primary N) is 1. The maximum Gasteiger partial charge on any atom is 0.229 e. The van der Waals surface area contributed by atoms with Gasteiger partial charge in [0.25, 0.3) is 0 Å². The van der Waals surface area contributed by atoms with Gasteiger partial charge < -0.3 is 10.5 Å². The molecule has 0 atom stereocenters. The predicted molar refractivity (Wildman–Crippen MR) is 66.8 cm³/mol. The van der Waals surface area contributed by atoms with E-state index in [1.54, 1.807) is 19.2 Å². The number of nitrogen functional groups attached to an aromatic ring is 1. The Balaban J connectivity index is 2.15. The zero-order valence-electron chi connectivity index (χ0n) is 10.3. The van der Waals surface area contributed by atoms with Crippen LogP contribution in [0.4, 0.5) is 5.69 Å². The first kappa shape index (κ1) is 12.4. The average molecular weight is 248 g/mol. The SMILES string of the molecule is COc1ccc(CN2C(=O)CCCC2=O)cc1N. The molecule has 0 spiro atoms. The number of ether oxygens (including phenoxy) is 1. The second-order valence-corrected chi connectivity index (χ2v) is 4.30. The van der Waals surface area contributed by atoms with Gasteiger partial charge in [-0.2, -0.15) is 0 Å². The summed E-state index contributed by atoms with van der Waals surface area (Å²) in [6, 6.07) is 5.28. The molecule has 0 bridgehead atoms. The average Bonchev–Trinajstić information content (AvgIpc) is 2.34. The van der Waals surface area contributed by atoms with Crippen molar-refractivity contribution in [3.8, 4) is 5.75 Å². The van der Waals surface area contributed by atoms with Crippen LogP contribution in [0.15, 0.2) is 18.2 Å². The molecule has 0 aliphatic carbocycles. The largest absolute Gasteiger partial charge is 0.495 e. The van der Waals surface area contributed by atoms with Crippen LogP contribution in [0, 0.1) is 0 Å². The third-order valence-corrected chi connectivity index (χ3v) is 3.02. The Morgan fingerprint density at radius 1 is 1.28 bits per heavy atom. The Morgan fingerprint density at radius 3 is 2.50 bits per heavy atom. The number of amides is 2. The molecular weight excluding hydrogens is 232 g/mol. The Labute approximate surface area is 106 Å². The van der Waals surface area contributed by atoms with Gasteiger partial charge in [-0.15, -0.1) is 0 Å². The van der Waals surface area contributed by atoms with E-state index in [1.807, 2.05) is 6.07 Å². The van der Waals surface area contributed by atoms with Crippen molar-refractivity contribution in [2.75, 3.05) is 12.8 Å². The van der Waals surface area contributed by atoms with Crippen LogP contribution in [0.25, 0.3) is 0 Å². The summed E-state index contributed by atoms with van der Waals surface area (Å²) in [5.74, 6) is 0.372. The normalized spacial score (nSPS) is 15.9. The van der Waals surface area contributed by atoms with E-state index >= 15 is 0 Å². The summed E-state index contributed by atoms with van der Waals surface area (Å²) in [6.07, 6.45) is 1.54. The van der Waals surface area contributed by atoms with Crippen LogP contribution in [0.1, 0.15) is 24.8 Å². The van der Waals surface area contributed by atoms with Gasteiger partial charge >= 0.3 is 0 Å². The molecule has 1 heterocycles. The molecule has 5 nitrogen and oxygen atoms in total. The van der Waals surface area contributed by atoms with Crippen LogP contribution in [0.2, 0.25) is 0 Å². The lowest BCUT2D eigenvalue weighted by Crippen LogP contribution is -2.39. The van der Waals surface area contributed by atoms with E-state index < -0.39 is 0 Å². The smallest absolute Gasteiger partial charge is 0.229 e. The summed E-state index contributed by atoms with van der Waals surface area (Å²) in [7, 11) is 1.54. The minimum absolute atomic E-state index is 0.111. The summed E-state index contributed by atoms with van der Waals surface area (Å²) in [4.78, 5) is 24.6. The second-order valence-electron chi connectivity index (χ2n) is 4.30. The maximum absolute atomic E-state index is 11.7. The summed E-state index contributed by atoms with van der Waals surface area (Å²) >= 11 is 0. The van der Waals surface area contributed by atoms with E-state index in [-0.39, 0.29) is 18.4 Å². The summed E-state index contributed by atoms with van der Waals surface area (Å²) in [6.45, 7) is 0.284. The number of nitrogens with zero attached hydrogens (tertiary/aromatic N) is 1. The van der Waals surface area contributed by atoms with E-state index in [1.165, 1.54) is 4.90 Å². The fraction of sp³-hybridized carbons (Fsp3) is 0.385. The summed E-state index contributed by atoms with van der Waals surface area (Å²) in [5, 5.41) is 0. The third kappa shape index (κ3) is 2.45. The Hall–Kier alpha value is -2.04. The summed E-state index contributed by atoms with van der Waals surface area (Å²) in [5.41, 5.74) is 7.13. The van der Waals surface area contributed by atoms with E-state index in [0.717, 1.165) is 5.56 Å². The molecule has 96 valence electrons. The van der Waals surface area contributed by atoms with Crippen LogP contribution in [-0.2, 0) is 16.1 Å². The number of imide groups is 1. The molecule has 2 amide bonds. The van der Waals surface area contributed by atoms with Gasteiger partial charge in [0.15, 0.2) is 0 Å². The zero-order chi connectivity index (χ0) is 13.1. The van der Waals surface area contributed by atoms with Crippen molar-refractivity contribution in [1.29, 1.82) is 0 Å². The third-order valence-electron chi connectivity index (χ3n) is 3.02. The lowest BCUT2D eigenvalue weighted by atomic mass is 10.1. The minimum Gasteiger partial charge on any atom is -0.495 e. The number of piperidine rings is 1. The Morgan fingerprint density at radius 2 is 1.94 bits per heavy atom. The van der Waals surface area contributed by atoms with Crippen LogP contribution in [0.5, 0.6) is 5.75 Å². The van der Waals surface area contributed by atoms with Crippen molar-refractivity contribution in [3.63, 3.8) is 0 Å². The molecular formula is C13H16N2O3. The van der Waals surface area contributed by atoms with E-state index in [4.69, 9.17) is 10.5 Å². The van der Waals surface area contributed by atoms with Crippen LogP contribution in [-0.4, -0.2) is 23.8 Å². The maximum atomic E-state index is 11.7. The fourth-order valence-corrected chi connectivity index (χ4v) is 2.04. The Kier molecular flexibility index (Phi) is 3.50. The topological polar surface area (TPSA) is 72.6 Å². The van der Waals surface area contributed by atoms with Gasteiger partial charge in [-0.1, -0.05) is 6.07 Å². The molecule has 18 heavy (non-hydrogen) atoms. The predicted octanol–water partition coefficient (Wildman–Crippen LogP) is 1.32. The number of benzene rings is 1. The van der Waals surface area contributed by atoms with Crippen molar-refractivity contribution in [2.24, 2.45) is 0 Å². The van der Waals surface area contributed by atoms with Crippen molar-refractivity contribution in [3.05, 3.63) is 23.8 Å². The highest BCUT2D eigenvalue weighted by atomic mass is 16.5. The standard InChI is InChI=1S/C13H16N2O3/c1-18-11-6-5-9(7-10(11)14)8-15-12(16)3-2-4-13(15)17/h5-7H,2-4,8,14H2,1H3. The number of methoxy groups -OCH3 is 1. The first-order valence-electron chi connectivity index (χ1n) is 5.87. The number of hydrogen-bond acceptors (Lipinski definition) is 4. The Bertz CT molecular complexity index is 469. The quantitative estimate of drug-likeness (QED) is 0.646. The number of hydrogen-bond donors (Lipinski definition) is 1. The molecule has 1 aliphatic heterocycles. The molecule has 1 aromatic carbocycles. The van der Waals surface area contributed by atoms with Gasteiger partial charge in [-0.25, -0.2) is 0 Å². The van der Waals surface area contributed by atoms with E-state index in [9.17, 15) is 9.59 Å². The van der Waals surface area contributed by atoms with Crippen molar-refractivity contribution in [1.82, 2.24) is 4.90 Å². The monoisotopic (exact) mass is 248 g/mol. The lowest BCUT2D eigenvalue weighted by molar-refractivity contribution is -0.148. The molecule has 1 fully saturated rings. The molecule has 0 saturated carbocycles. The van der Waals surface area contributed by atoms with Crippen molar-refractivity contribution >= 4 is 17.5 Å². The van der Waals surface area contributed by atoms with Gasteiger partial charge in [0.2, 0.25) is 11.8 Å². The molecule has 2 rings (SSSR count). The number of carbonyl (C=O) groups is 2. The van der Waals surface area contributed by atoms with Crippen LogP contribution in [0.3, 0.4) is 0 Å². The van der Waals surface area contributed by atoms with Crippen LogP contribution < -0.4 is 10.5 Å². The number of likely N-dealkylation sites (tertiary alicyclic amines) is 1. The highest BCUT2D eigenvalue weighted by Crippen LogP contribution is 2.23. The van der Waals surface area contributed by atoms with E-state index in [2.05, 4.69) is 0 Å². The highest BCUT2D eigenvalue weighted by molar-refractivity contribution is 5.97. The molecule has 1 saturated heterocycles.